The summed E-state index contributed by atoms with van der Waals surface area (Å²) < 4.78 is 0. The van der Waals surface area contributed by atoms with Crippen LogP contribution in [-0.2, 0) is 0 Å². The van der Waals surface area contributed by atoms with E-state index in [-0.39, 0.29) is 6.04 Å². The molecule has 2 heteroatoms. The second-order valence-electron chi connectivity index (χ2n) is 3.70. The van der Waals surface area contributed by atoms with Gasteiger partial charge >= 0.3 is 0 Å². The molecule has 1 unspecified atom stereocenters. The Labute approximate surface area is 82.5 Å². The van der Waals surface area contributed by atoms with Crippen LogP contribution in [0.15, 0.2) is 0 Å². The predicted octanol–water partition coefficient (Wildman–Crippen LogP) is 2.80. The van der Waals surface area contributed by atoms with E-state index in [1.165, 1.54) is 32.1 Å². The summed E-state index contributed by atoms with van der Waals surface area (Å²) in [7, 11) is 2.02. The highest BCUT2D eigenvalue weighted by molar-refractivity contribution is 4.86. The second-order valence-corrected chi connectivity index (χ2v) is 3.70. The van der Waals surface area contributed by atoms with Crippen LogP contribution in [0.4, 0.5) is 0 Å². The SMILES string of the molecule is CCCCCCCN(C)C(C)C#N. The summed E-state index contributed by atoms with van der Waals surface area (Å²) in [5, 5.41) is 8.65. The fourth-order valence-electron chi connectivity index (χ4n) is 1.26. The van der Waals surface area contributed by atoms with Crippen molar-refractivity contribution in [2.24, 2.45) is 0 Å². The van der Waals surface area contributed by atoms with Gasteiger partial charge in [-0.05, 0) is 26.9 Å². The maximum atomic E-state index is 8.65. The molecule has 0 aromatic carbocycles. The minimum Gasteiger partial charge on any atom is -0.291 e. The molecule has 76 valence electrons. The van der Waals surface area contributed by atoms with E-state index >= 15 is 0 Å². The first kappa shape index (κ1) is 12.4. The Kier molecular flexibility index (Phi) is 7.73. The lowest BCUT2D eigenvalue weighted by Gasteiger charge is -2.18. The summed E-state index contributed by atoms with van der Waals surface area (Å²) in [6.07, 6.45) is 6.51. The van der Waals surface area contributed by atoms with Gasteiger partial charge in [0, 0.05) is 0 Å². The highest BCUT2D eigenvalue weighted by Crippen LogP contribution is 2.04. The van der Waals surface area contributed by atoms with E-state index in [9.17, 15) is 0 Å². The zero-order valence-electron chi connectivity index (χ0n) is 9.21. The van der Waals surface area contributed by atoms with Crippen molar-refractivity contribution in [1.29, 1.82) is 5.26 Å². The molecule has 0 aromatic rings. The topological polar surface area (TPSA) is 27.0 Å². The van der Waals surface area contributed by atoms with E-state index in [1.807, 2.05) is 14.0 Å². The van der Waals surface area contributed by atoms with E-state index in [1.54, 1.807) is 0 Å². The molecule has 0 aromatic heterocycles. The Morgan fingerprint density at radius 3 is 2.38 bits per heavy atom. The van der Waals surface area contributed by atoms with E-state index in [2.05, 4.69) is 17.9 Å². The van der Waals surface area contributed by atoms with Crippen molar-refractivity contribution in [1.82, 2.24) is 4.90 Å². The van der Waals surface area contributed by atoms with Gasteiger partial charge in [-0.1, -0.05) is 32.6 Å². The number of nitrogens with zero attached hydrogens (tertiary/aromatic N) is 2. The molecule has 0 aliphatic rings. The largest absolute Gasteiger partial charge is 0.291 e. The van der Waals surface area contributed by atoms with Gasteiger partial charge in [-0.2, -0.15) is 5.26 Å². The molecule has 0 heterocycles. The van der Waals surface area contributed by atoms with Gasteiger partial charge in [0.2, 0.25) is 0 Å². The lowest BCUT2D eigenvalue weighted by atomic mass is 10.1. The highest BCUT2D eigenvalue weighted by atomic mass is 15.1. The third kappa shape index (κ3) is 6.60. The summed E-state index contributed by atoms with van der Waals surface area (Å²) in [6, 6.07) is 2.30. The van der Waals surface area contributed by atoms with Gasteiger partial charge in [-0.25, -0.2) is 0 Å². The number of rotatable bonds is 7. The molecular formula is C11H22N2. The smallest absolute Gasteiger partial charge is 0.0946 e. The molecule has 0 fully saturated rings. The van der Waals surface area contributed by atoms with Crippen LogP contribution >= 0.6 is 0 Å². The molecule has 0 N–H and O–H groups in total. The maximum Gasteiger partial charge on any atom is 0.0946 e. The standard InChI is InChI=1S/C11H22N2/c1-4-5-6-7-8-9-13(3)11(2)10-12/h11H,4-9H2,1-3H3. The molecule has 2 nitrogen and oxygen atoms in total. The van der Waals surface area contributed by atoms with Crippen molar-refractivity contribution >= 4 is 0 Å². The average molecular weight is 182 g/mol. The number of nitriles is 1. The summed E-state index contributed by atoms with van der Waals surface area (Å²) in [5.41, 5.74) is 0. The van der Waals surface area contributed by atoms with Gasteiger partial charge in [-0.3, -0.25) is 4.90 Å². The van der Waals surface area contributed by atoms with Crippen LogP contribution in [0.25, 0.3) is 0 Å². The van der Waals surface area contributed by atoms with Crippen LogP contribution in [0.5, 0.6) is 0 Å². The van der Waals surface area contributed by atoms with Gasteiger partial charge in [0.15, 0.2) is 0 Å². The van der Waals surface area contributed by atoms with Crippen LogP contribution in [0.1, 0.15) is 46.0 Å². The first-order chi connectivity index (χ1) is 6.22. The Hall–Kier alpha value is -0.550. The predicted molar refractivity (Wildman–Crippen MR) is 56.5 cm³/mol. The van der Waals surface area contributed by atoms with Crippen molar-refractivity contribution in [2.45, 2.75) is 52.0 Å². The van der Waals surface area contributed by atoms with Crippen molar-refractivity contribution in [3.05, 3.63) is 0 Å². The summed E-state index contributed by atoms with van der Waals surface area (Å²) in [4.78, 5) is 2.12. The molecule has 0 rings (SSSR count). The van der Waals surface area contributed by atoms with Crippen molar-refractivity contribution in [3.8, 4) is 6.07 Å². The first-order valence-corrected chi connectivity index (χ1v) is 5.32. The fraction of sp³-hybridized carbons (Fsp3) is 0.909. The Balaban J connectivity index is 3.28. The zero-order chi connectivity index (χ0) is 10.1. The molecule has 0 aliphatic carbocycles. The van der Waals surface area contributed by atoms with Crippen molar-refractivity contribution in [3.63, 3.8) is 0 Å². The average Bonchev–Trinajstić information content (AvgIpc) is 2.16. The van der Waals surface area contributed by atoms with Crippen molar-refractivity contribution in [2.75, 3.05) is 13.6 Å². The Morgan fingerprint density at radius 2 is 1.85 bits per heavy atom. The van der Waals surface area contributed by atoms with Gasteiger partial charge in [0.25, 0.3) is 0 Å². The zero-order valence-corrected chi connectivity index (χ0v) is 9.21. The lowest BCUT2D eigenvalue weighted by Crippen LogP contribution is -2.28. The van der Waals surface area contributed by atoms with Crippen LogP contribution in [0, 0.1) is 11.3 Å². The molecule has 0 radical (unpaired) electrons. The number of unbranched alkanes of at least 4 members (excludes halogenated alkanes) is 4. The molecule has 13 heavy (non-hydrogen) atoms. The second kappa shape index (κ2) is 8.07. The molecule has 0 spiro atoms. The Bertz CT molecular complexity index is 149. The minimum absolute atomic E-state index is 0.0613. The van der Waals surface area contributed by atoms with Crippen LogP contribution in [0.2, 0.25) is 0 Å². The van der Waals surface area contributed by atoms with Crippen LogP contribution < -0.4 is 0 Å². The number of hydrogen-bond acceptors (Lipinski definition) is 2. The maximum absolute atomic E-state index is 8.65. The summed E-state index contributed by atoms with van der Waals surface area (Å²) >= 11 is 0. The molecule has 0 saturated carbocycles. The molecule has 0 amide bonds. The monoisotopic (exact) mass is 182 g/mol. The van der Waals surface area contributed by atoms with E-state index in [0.717, 1.165) is 6.54 Å². The fourth-order valence-corrected chi connectivity index (χ4v) is 1.26. The van der Waals surface area contributed by atoms with E-state index in [0.29, 0.717) is 0 Å². The minimum atomic E-state index is 0.0613. The van der Waals surface area contributed by atoms with Crippen LogP contribution in [-0.4, -0.2) is 24.5 Å². The highest BCUT2D eigenvalue weighted by Gasteiger charge is 2.05. The van der Waals surface area contributed by atoms with E-state index in [4.69, 9.17) is 5.26 Å². The third-order valence-corrected chi connectivity index (χ3v) is 2.46. The molecule has 1 atom stereocenters. The summed E-state index contributed by atoms with van der Waals surface area (Å²) in [5.74, 6) is 0. The normalized spacial score (nSPS) is 12.8. The third-order valence-electron chi connectivity index (χ3n) is 2.46. The van der Waals surface area contributed by atoms with Gasteiger partial charge in [0.05, 0.1) is 12.1 Å². The van der Waals surface area contributed by atoms with Gasteiger partial charge in [0.1, 0.15) is 0 Å². The molecular weight excluding hydrogens is 160 g/mol. The lowest BCUT2D eigenvalue weighted by molar-refractivity contribution is 0.294. The Morgan fingerprint density at radius 1 is 1.23 bits per heavy atom. The quantitative estimate of drug-likeness (QED) is 0.566. The molecule has 0 saturated heterocycles. The summed E-state index contributed by atoms with van der Waals surface area (Å²) in [6.45, 7) is 5.23. The van der Waals surface area contributed by atoms with Crippen molar-refractivity contribution < 1.29 is 0 Å². The van der Waals surface area contributed by atoms with Gasteiger partial charge < -0.3 is 0 Å². The van der Waals surface area contributed by atoms with Gasteiger partial charge in [-0.15, -0.1) is 0 Å². The number of hydrogen-bond donors (Lipinski definition) is 0. The van der Waals surface area contributed by atoms with E-state index < -0.39 is 0 Å². The first-order valence-electron chi connectivity index (χ1n) is 5.32. The van der Waals surface area contributed by atoms with Crippen LogP contribution in [0.3, 0.4) is 0 Å². The molecule has 0 bridgehead atoms. The molecule has 0 aliphatic heterocycles.